The summed E-state index contributed by atoms with van der Waals surface area (Å²) in [5, 5.41) is 0.759. The first-order valence-corrected chi connectivity index (χ1v) is 10.0. The maximum Gasteiger partial charge on any atom is 0.266 e. The van der Waals surface area contributed by atoms with Gasteiger partial charge in [0.2, 0.25) is 0 Å². The van der Waals surface area contributed by atoms with Crippen LogP contribution in [-0.4, -0.2) is 28.4 Å². The van der Waals surface area contributed by atoms with Crippen LogP contribution in [0, 0.1) is 12.7 Å². The highest BCUT2D eigenvalue weighted by Crippen LogP contribution is 2.31. The van der Waals surface area contributed by atoms with E-state index in [-0.39, 0.29) is 17.8 Å². The molecule has 0 saturated carbocycles. The zero-order valence-electron chi connectivity index (χ0n) is 15.2. The van der Waals surface area contributed by atoms with Gasteiger partial charge in [0.05, 0.1) is 5.69 Å². The van der Waals surface area contributed by atoms with Gasteiger partial charge in [-0.25, -0.2) is 9.37 Å². The van der Waals surface area contributed by atoms with E-state index in [4.69, 9.17) is 0 Å². The van der Waals surface area contributed by atoms with Crippen molar-refractivity contribution in [1.82, 2.24) is 9.88 Å². The predicted octanol–water partition coefficient (Wildman–Crippen LogP) is 5.10. The van der Waals surface area contributed by atoms with E-state index in [1.54, 1.807) is 12.1 Å². The SMILES string of the molecule is Cc1nc(-c2ccc(F)cc2)sc1C(=O)N1CCC[C@H]1Cc1ccccc1. The summed E-state index contributed by atoms with van der Waals surface area (Å²) in [6, 6.07) is 16.8. The van der Waals surface area contributed by atoms with Gasteiger partial charge < -0.3 is 4.90 Å². The topological polar surface area (TPSA) is 33.2 Å². The first-order chi connectivity index (χ1) is 13.1. The summed E-state index contributed by atoms with van der Waals surface area (Å²) < 4.78 is 13.2. The average Bonchev–Trinajstić information content (AvgIpc) is 3.29. The van der Waals surface area contributed by atoms with E-state index in [2.05, 4.69) is 17.1 Å². The van der Waals surface area contributed by atoms with Gasteiger partial charge in [-0.2, -0.15) is 0 Å². The van der Waals surface area contributed by atoms with Crippen LogP contribution in [0.25, 0.3) is 10.6 Å². The second kappa shape index (κ2) is 7.61. The van der Waals surface area contributed by atoms with Crippen LogP contribution in [-0.2, 0) is 6.42 Å². The monoisotopic (exact) mass is 380 g/mol. The molecule has 1 aliphatic rings. The molecule has 1 atom stereocenters. The van der Waals surface area contributed by atoms with Crippen molar-refractivity contribution in [2.24, 2.45) is 0 Å². The third-order valence-electron chi connectivity index (χ3n) is 5.03. The van der Waals surface area contributed by atoms with Crippen molar-refractivity contribution in [2.75, 3.05) is 6.54 Å². The van der Waals surface area contributed by atoms with E-state index in [9.17, 15) is 9.18 Å². The number of benzene rings is 2. The molecule has 2 aromatic carbocycles. The van der Waals surface area contributed by atoms with Crippen molar-refractivity contribution in [1.29, 1.82) is 0 Å². The number of hydrogen-bond donors (Lipinski definition) is 0. The number of hydrogen-bond acceptors (Lipinski definition) is 3. The lowest BCUT2D eigenvalue weighted by Gasteiger charge is -2.24. The Morgan fingerprint density at radius 3 is 2.67 bits per heavy atom. The second-order valence-electron chi connectivity index (χ2n) is 6.92. The smallest absolute Gasteiger partial charge is 0.266 e. The standard InChI is InChI=1S/C22H21FN2OS/c1-15-20(27-21(24-15)17-9-11-18(23)12-10-17)22(26)25-13-5-8-19(25)14-16-6-3-2-4-7-16/h2-4,6-7,9-12,19H,5,8,13-14H2,1H3/t19-/m0/s1. The lowest BCUT2D eigenvalue weighted by molar-refractivity contribution is 0.0740. The zero-order chi connectivity index (χ0) is 18.8. The van der Waals surface area contributed by atoms with E-state index >= 15 is 0 Å². The quantitative estimate of drug-likeness (QED) is 0.630. The van der Waals surface area contributed by atoms with Crippen LogP contribution >= 0.6 is 11.3 Å². The number of amides is 1. The molecule has 0 bridgehead atoms. The molecular weight excluding hydrogens is 359 g/mol. The number of carbonyl (C=O) groups is 1. The van der Waals surface area contributed by atoms with Crippen LogP contribution in [0.15, 0.2) is 54.6 Å². The minimum absolute atomic E-state index is 0.0665. The number of nitrogens with zero attached hydrogens (tertiary/aromatic N) is 2. The molecule has 1 aromatic heterocycles. The van der Waals surface area contributed by atoms with Gasteiger partial charge in [0.25, 0.3) is 5.91 Å². The molecule has 0 N–H and O–H groups in total. The molecule has 0 aliphatic carbocycles. The minimum Gasteiger partial charge on any atom is -0.335 e. The third kappa shape index (κ3) is 3.78. The summed E-state index contributed by atoms with van der Waals surface area (Å²) in [5.74, 6) is -0.207. The van der Waals surface area contributed by atoms with Gasteiger partial charge in [-0.3, -0.25) is 4.79 Å². The highest BCUT2D eigenvalue weighted by atomic mass is 32.1. The predicted molar refractivity (Wildman–Crippen MR) is 106 cm³/mol. The zero-order valence-corrected chi connectivity index (χ0v) is 16.0. The van der Waals surface area contributed by atoms with Crippen LogP contribution < -0.4 is 0 Å². The van der Waals surface area contributed by atoms with E-state index in [1.165, 1.54) is 29.0 Å². The fourth-order valence-electron chi connectivity index (χ4n) is 3.64. The molecule has 1 amide bonds. The van der Waals surface area contributed by atoms with E-state index in [0.717, 1.165) is 42.1 Å². The molecule has 0 radical (unpaired) electrons. The number of thiazole rings is 1. The third-order valence-corrected chi connectivity index (χ3v) is 6.23. The molecule has 4 rings (SSSR count). The van der Waals surface area contributed by atoms with E-state index < -0.39 is 0 Å². The highest BCUT2D eigenvalue weighted by molar-refractivity contribution is 7.17. The molecule has 3 aromatic rings. The van der Waals surface area contributed by atoms with Crippen molar-refractivity contribution in [3.05, 3.63) is 76.5 Å². The summed E-state index contributed by atoms with van der Waals surface area (Å²) in [7, 11) is 0. The summed E-state index contributed by atoms with van der Waals surface area (Å²) in [4.78, 5) is 20.5. The number of carbonyl (C=O) groups excluding carboxylic acids is 1. The first kappa shape index (κ1) is 17.9. The summed E-state index contributed by atoms with van der Waals surface area (Å²) in [5.41, 5.74) is 2.84. The summed E-state index contributed by atoms with van der Waals surface area (Å²) >= 11 is 1.40. The number of aromatic nitrogens is 1. The summed E-state index contributed by atoms with van der Waals surface area (Å²) in [6.07, 6.45) is 2.95. The molecule has 1 aliphatic heterocycles. The van der Waals surface area contributed by atoms with Gasteiger partial charge in [0.1, 0.15) is 15.7 Å². The van der Waals surface area contributed by atoms with Crippen LogP contribution in [0.4, 0.5) is 4.39 Å². The molecule has 5 heteroatoms. The van der Waals surface area contributed by atoms with Crippen molar-refractivity contribution in [3.63, 3.8) is 0 Å². The number of rotatable bonds is 4. The van der Waals surface area contributed by atoms with Crippen molar-refractivity contribution in [2.45, 2.75) is 32.2 Å². The van der Waals surface area contributed by atoms with Crippen molar-refractivity contribution >= 4 is 17.2 Å². The second-order valence-corrected chi connectivity index (χ2v) is 7.92. The number of halogens is 1. The average molecular weight is 380 g/mol. The Morgan fingerprint density at radius 1 is 1.19 bits per heavy atom. The molecule has 27 heavy (non-hydrogen) atoms. The van der Waals surface area contributed by atoms with Crippen LogP contribution in [0.3, 0.4) is 0 Å². The molecule has 0 spiro atoms. The molecule has 138 valence electrons. The Hall–Kier alpha value is -2.53. The Bertz CT molecular complexity index is 937. The Kier molecular flexibility index (Phi) is 5.03. The number of likely N-dealkylation sites (tertiary alicyclic amines) is 1. The van der Waals surface area contributed by atoms with Crippen LogP contribution in [0.5, 0.6) is 0 Å². The first-order valence-electron chi connectivity index (χ1n) is 9.20. The highest BCUT2D eigenvalue weighted by Gasteiger charge is 2.31. The Labute approximate surface area is 162 Å². The molecule has 2 heterocycles. The Morgan fingerprint density at radius 2 is 1.93 bits per heavy atom. The number of aryl methyl sites for hydroxylation is 1. The van der Waals surface area contributed by atoms with Gasteiger partial charge in [-0.05, 0) is 56.0 Å². The maximum atomic E-state index is 13.2. The van der Waals surface area contributed by atoms with Gasteiger partial charge in [-0.15, -0.1) is 11.3 Å². The van der Waals surface area contributed by atoms with Crippen molar-refractivity contribution in [3.8, 4) is 10.6 Å². The van der Waals surface area contributed by atoms with Gasteiger partial charge >= 0.3 is 0 Å². The normalized spacial score (nSPS) is 16.7. The lowest BCUT2D eigenvalue weighted by atomic mass is 10.0. The molecule has 3 nitrogen and oxygen atoms in total. The van der Waals surface area contributed by atoms with Gasteiger partial charge in [-0.1, -0.05) is 30.3 Å². The molecular formula is C22H21FN2OS. The molecule has 1 saturated heterocycles. The summed E-state index contributed by atoms with van der Waals surface area (Å²) in [6.45, 7) is 2.67. The lowest BCUT2D eigenvalue weighted by Crippen LogP contribution is -2.36. The van der Waals surface area contributed by atoms with Crippen LogP contribution in [0.1, 0.15) is 33.8 Å². The van der Waals surface area contributed by atoms with Gasteiger partial charge in [0, 0.05) is 18.2 Å². The van der Waals surface area contributed by atoms with Crippen LogP contribution in [0.2, 0.25) is 0 Å². The largest absolute Gasteiger partial charge is 0.335 e. The molecule has 0 unspecified atom stereocenters. The molecule has 1 fully saturated rings. The minimum atomic E-state index is -0.274. The maximum absolute atomic E-state index is 13.2. The van der Waals surface area contributed by atoms with E-state index in [1.807, 2.05) is 30.0 Å². The fourth-order valence-corrected chi connectivity index (χ4v) is 4.67. The van der Waals surface area contributed by atoms with E-state index in [0.29, 0.717) is 4.88 Å². The van der Waals surface area contributed by atoms with Gasteiger partial charge in [0.15, 0.2) is 0 Å². The van der Waals surface area contributed by atoms with Crippen molar-refractivity contribution < 1.29 is 9.18 Å². The fraction of sp³-hybridized carbons (Fsp3) is 0.273. The Balaban J connectivity index is 1.56.